The lowest BCUT2D eigenvalue weighted by Crippen LogP contribution is -2.61. The van der Waals surface area contributed by atoms with Crippen molar-refractivity contribution in [2.24, 2.45) is 0 Å². The lowest BCUT2D eigenvalue weighted by molar-refractivity contribution is -0.0167. The summed E-state index contributed by atoms with van der Waals surface area (Å²) >= 11 is 0. The fourth-order valence-electron chi connectivity index (χ4n) is 4.22. The van der Waals surface area contributed by atoms with Crippen LogP contribution in [0.5, 0.6) is 0 Å². The van der Waals surface area contributed by atoms with E-state index in [-0.39, 0.29) is 5.60 Å². The molecule has 3 aromatic heterocycles. The van der Waals surface area contributed by atoms with Gasteiger partial charge in [-0.1, -0.05) is 12.1 Å². The Balaban J connectivity index is 1.30. The average Bonchev–Trinajstić information content (AvgIpc) is 3.46. The second-order valence-corrected chi connectivity index (χ2v) is 8.49. The van der Waals surface area contributed by atoms with Crippen LogP contribution in [0.1, 0.15) is 6.92 Å². The molecule has 160 valence electrons. The normalized spacial score (nSPS) is 15.2. The first kappa shape index (κ1) is 18.8. The van der Waals surface area contributed by atoms with Crippen LogP contribution in [0.3, 0.4) is 0 Å². The average molecular weight is 425 g/mol. The van der Waals surface area contributed by atoms with E-state index in [2.05, 4.69) is 68.7 Å². The maximum absolute atomic E-state index is 5.55. The molecule has 0 aliphatic carbocycles. The minimum Gasteiger partial charge on any atom is -0.375 e. The quantitative estimate of drug-likeness (QED) is 0.438. The van der Waals surface area contributed by atoms with Gasteiger partial charge in [-0.15, -0.1) is 0 Å². The topological polar surface area (TPSA) is 83.4 Å². The van der Waals surface area contributed by atoms with E-state index in [0.717, 1.165) is 46.6 Å². The second kappa shape index (κ2) is 7.06. The molecule has 5 aromatic rings. The number of aromatic amines is 1. The van der Waals surface area contributed by atoms with Crippen molar-refractivity contribution in [3.63, 3.8) is 0 Å². The smallest absolute Gasteiger partial charge is 0.180 e. The van der Waals surface area contributed by atoms with Gasteiger partial charge in [0.05, 0.1) is 23.0 Å². The van der Waals surface area contributed by atoms with Crippen LogP contribution < -0.4 is 10.2 Å². The zero-order chi connectivity index (χ0) is 21.7. The highest BCUT2D eigenvalue weighted by Gasteiger charge is 2.38. The van der Waals surface area contributed by atoms with Gasteiger partial charge in [-0.25, -0.2) is 9.97 Å². The molecule has 4 heterocycles. The van der Waals surface area contributed by atoms with E-state index in [0.29, 0.717) is 5.82 Å². The Hall–Kier alpha value is -3.91. The molecule has 0 radical (unpaired) electrons. The molecule has 0 saturated carbocycles. The molecule has 0 unspecified atom stereocenters. The van der Waals surface area contributed by atoms with Gasteiger partial charge >= 0.3 is 0 Å². The van der Waals surface area contributed by atoms with Crippen LogP contribution in [0.2, 0.25) is 0 Å². The SMILES string of the molecule is COC1(C)CN(c2ccc(Nc3nc(-c4ccc5cn[nH]c5c4)cn4ccnc34)cc2)C1. The second-order valence-electron chi connectivity index (χ2n) is 8.49. The summed E-state index contributed by atoms with van der Waals surface area (Å²) in [7, 11) is 1.77. The van der Waals surface area contributed by atoms with Gasteiger partial charge in [0.1, 0.15) is 0 Å². The fourth-order valence-corrected chi connectivity index (χ4v) is 4.22. The Kier molecular flexibility index (Phi) is 4.16. The van der Waals surface area contributed by atoms with Gasteiger partial charge < -0.3 is 19.4 Å². The molecule has 0 bridgehead atoms. The number of rotatable bonds is 5. The summed E-state index contributed by atoms with van der Waals surface area (Å²) in [5.41, 5.74) is 5.72. The predicted molar refractivity (Wildman–Crippen MR) is 125 cm³/mol. The molecule has 1 aliphatic heterocycles. The number of nitrogens with zero attached hydrogens (tertiary/aromatic N) is 5. The lowest BCUT2D eigenvalue weighted by Gasteiger charge is -2.48. The monoisotopic (exact) mass is 425 g/mol. The predicted octanol–water partition coefficient (Wildman–Crippen LogP) is 4.24. The molecule has 2 aromatic carbocycles. The molecule has 1 aliphatic rings. The molecule has 8 heteroatoms. The third-order valence-corrected chi connectivity index (χ3v) is 6.15. The van der Waals surface area contributed by atoms with Crippen molar-refractivity contribution in [1.82, 2.24) is 24.6 Å². The molecule has 6 rings (SSSR count). The van der Waals surface area contributed by atoms with Crippen molar-refractivity contribution in [2.75, 3.05) is 30.4 Å². The van der Waals surface area contributed by atoms with E-state index in [1.54, 1.807) is 13.3 Å². The Morgan fingerprint density at radius 2 is 1.97 bits per heavy atom. The Bertz CT molecular complexity index is 1410. The van der Waals surface area contributed by atoms with Crippen molar-refractivity contribution < 1.29 is 4.74 Å². The first-order valence-electron chi connectivity index (χ1n) is 10.5. The van der Waals surface area contributed by atoms with E-state index in [4.69, 9.17) is 9.72 Å². The van der Waals surface area contributed by atoms with Gasteiger partial charge in [0.15, 0.2) is 11.5 Å². The van der Waals surface area contributed by atoms with Crippen molar-refractivity contribution in [3.05, 3.63) is 67.3 Å². The molecule has 8 nitrogen and oxygen atoms in total. The van der Waals surface area contributed by atoms with E-state index in [9.17, 15) is 0 Å². The molecule has 0 spiro atoms. The molecule has 0 amide bonds. The zero-order valence-electron chi connectivity index (χ0n) is 17.9. The molecule has 2 N–H and O–H groups in total. The summed E-state index contributed by atoms with van der Waals surface area (Å²) in [4.78, 5) is 11.7. The lowest BCUT2D eigenvalue weighted by atomic mass is 9.95. The number of nitrogens with one attached hydrogen (secondary N) is 2. The van der Waals surface area contributed by atoms with Crippen molar-refractivity contribution >= 4 is 33.7 Å². The van der Waals surface area contributed by atoms with Crippen molar-refractivity contribution in [2.45, 2.75) is 12.5 Å². The summed E-state index contributed by atoms with van der Waals surface area (Å²) in [6, 6.07) is 14.6. The highest BCUT2D eigenvalue weighted by molar-refractivity contribution is 5.84. The van der Waals surface area contributed by atoms with E-state index in [1.807, 2.05) is 29.1 Å². The number of methoxy groups -OCH3 is 1. The third-order valence-electron chi connectivity index (χ3n) is 6.15. The third kappa shape index (κ3) is 3.16. The molecule has 1 saturated heterocycles. The van der Waals surface area contributed by atoms with Crippen LogP contribution in [0.4, 0.5) is 17.2 Å². The summed E-state index contributed by atoms with van der Waals surface area (Å²) in [6.45, 7) is 3.93. The van der Waals surface area contributed by atoms with Gasteiger partial charge in [0, 0.05) is 61.1 Å². The number of ether oxygens (including phenoxy) is 1. The van der Waals surface area contributed by atoms with Crippen LogP contribution in [-0.4, -0.2) is 50.4 Å². The minimum absolute atomic E-state index is 0.0488. The number of aromatic nitrogens is 5. The number of benzene rings is 2. The van der Waals surface area contributed by atoms with Gasteiger partial charge in [-0.05, 0) is 37.3 Å². The number of fused-ring (bicyclic) bond motifs is 2. The van der Waals surface area contributed by atoms with Gasteiger partial charge in [-0.3, -0.25) is 5.10 Å². The first-order chi connectivity index (χ1) is 15.6. The number of hydrogen-bond acceptors (Lipinski definition) is 6. The first-order valence-corrected chi connectivity index (χ1v) is 10.5. The Morgan fingerprint density at radius 1 is 1.12 bits per heavy atom. The van der Waals surface area contributed by atoms with Crippen LogP contribution in [0, 0.1) is 0 Å². The van der Waals surface area contributed by atoms with E-state index < -0.39 is 0 Å². The molecular formula is C24H23N7O. The number of H-pyrrole nitrogens is 1. The van der Waals surface area contributed by atoms with Gasteiger partial charge in [-0.2, -0.15) is 5.10 Å². The number of imidazole rings is 1. The minimum atomic E-state index is -0.0488. The van der Waals surface area contributed by atoms with E-state index >= 15 is 0 Å². The Morgan fingerprint density at radius 3 is 2.78 bits per heavy atom. The standard InChI is InChI=1S/C24H23N7O/c1-24(32-2)14-31(15-24)19-7-5-18(6-8-19)27-22-23-25-9-10-30(23)13-21(28-22)16-3-4-17-12-26-29-20(17)11-16/h3-13H,14-15H2,1-2H3,(H,26,29)(H,27,28). The largest absolute Gasteiger partial charge is 0.375 e. The molecular weight excluding hydrogens is 402 g/mol. The van der Waals surface area contributed by atoms with Gasteiger partial charge in [0.2, 0.25) is 0 Å². The zero-order valence-corrected chi connectivity index (χ0v) is 17.9. The summed E-state index contributed by atoms with van der Waals surface area (Å²) in [6.07, 6.45) is 7.52. The van der Waals surface area contributed by atoms with E-state index in [1.165, 1.54) is 5.69 Å². The highest BCUT2D eigenvalue weighted by Crippen LogP contribution is 2.31. The maximum Gasteiger partial charge on any atom is 0.180 e. The van der Waals surface area contributed by atoms with Crippen LogP contribution >= 0.6 is 0 Å². The maximum atomic E-state index is 5.55. The fraction of sp³-hybridized carbons (Fsp3) is 0.208. The number of hydrogen-bond donors (Lipinski definition) is 2. The summed E-state index contributed by atoms with van der Waals surface area (Å²) in [5.74, 6) is 0.709. The summed E-state index contributed by atoms with van der Waals surface area (Å²) in [5, 5.41) is 11.7. The molecule has 32 heavy (non-hydrogen) atoms. The summed E-state index contributed by atoms with van der Waals surface area (Å²) < 4.78 is 7.54. The van der Waals surface area contributed by atoms with Gasteiger partial charge in [0.25, 0.3) is 0 Å². The Labute approximate surface area is 184 Å². The number of anilines is 3. The highest BCUT2D eigenvalue weighted by atomic mass is 16.5. The molecule has 1 fully saturated rings. The van der Waals surface area contributed by atoms with Crippen molar-refractivity contribution in [1.29, 1.82) is 0 Å². The van der Waals surface area contributed by atoms with Crippen LogP contribution in [0.25, 0.3) is 27.8 Å². The van der Waals surface area contributed by atoms with Crippen molar-refractivity contribution in [3.8, 4) is 11.3 Å². The van der Waals surface area contributed by atoms with Crippen LogP contribution in [-0.2, 0) is 4.74 Å². The van der Waals surface area contributed by atoms with Crippen LogP contribution in [0.15, 0.2) is 67.3 Å². The molecule has 0 atom stereocenters.